The van der Waals surface area contributed by atoms with E-state index in [9.17, 15) is 13.6 Å². The van der Waals surface area contributed by atoms with Crippen LogP contribution in [-0.2, 0) is 0 Å². The van der Waals surface area contributed by atoms with Gasteiger partial charge in [-0.1, -0.05) is 11.6 Å². The molecule has 0 radical (unpaired) electrons. The van der Waals surface area contributed by atoms with Crippen LogP contribution in [0.1, 0.15) is 10.4 Å². The minimum absolute atomic E-state index is 0.0208. The van der Waals surface area contributed by atoms with Gasteiger partial charge < -0.3 is 10.1 Å². The molecule has 0 aliphatic carbocycles. The van der Waals surface area contributed by atoms with Crippen LogP contribution in [0.2, 0.25) is 5.15 Å². The molecule has 1 aromatic carbocycles. The fourth-order valence-electron chi connectivity index (χ4n) is 2.11. The minimum atomic E-state index is -3.81. The summed E-state index contributed by atoms with van der Waals surface area (Å²) in [6.07, 6.45) is 3.07. The van der Waals surface area contributed by atoms with Gasteiger partial charge in [0, 0.05) is 35.2 Å². The molecule has 2 N–H and O–H groups in total. The Morgan fingerprint density at radius 2 is 1.96 bits per heavy atom. The van der Waals surface area contributed by atoms with E-state index in [0.717, 1.165) is 0 Å². The van der Waals surface area contributed by atoms with Crippen LogP contribution >= 0.6 is 23.2 Å². The first-order valence-corrected chi connectivity index (χ1v) is 7.90. The third kappa shape index (κ3) is 4.47. The average molecular weight is 399 g/mol. The third-order valence-electron chi connectivity index (χ3n) is 3.24. The van der Waals surface area contributed by atoms with Crippen LogP contribution in [0.15, 0.2) is 48.8 Å². The predicted molar refractivity (Wildman–Crippen MR) is 92.7 cm³/mol. The van der Waals surface area contributed by atoms with Crippen LogP contribution in [0.3, 0.4) is 0 Å². The summed E-state index contributed by atoms with van der Waals surface area (Å²) in [6, 6.07) is 8.53. The smallest absolute Gasteiger partial charge is 0.420 e. The number of H-pyrrole nitrogens is 1. The first-order chi connectivity index (χ1) is 12.3. The molecule has 0 aliphatic heterocycles. The van der Waals surface area contributed by atoms with Crippen molar-refractivity contribution < 1.29 is 18.3 Å². The number of amides is 1. The van der Waals surface area contributed by atoms with Crippen molar-refractivity contribution in [1.82, 2.24) is 15.2 Å². The lowest BCUT2D eigenvalue weighted by molar-refractivity contribution is -0.0964. The van der Waals surface area contributed by atoms with Gasteiger partial charge in [-0.05, 0) is 36.4 Å². The van der Waals surface area contributed by atoms with Crippen LogP contribution in [0.25, 0.3) is 11.3 Å². The Labute approximate surface area is 156 Å². The topological polar surface area (TPSA) is 79.9 Å². The molecule has 26 heavy (non-hydrogen) atoms. The summed E-state index contributed by atoms with van der Waals surface area (Å²) < 4.78 is 29.4. The number of nitrogens with one attached hydrogen (secondary N) is 2. The molecule has 0 aliphatic rings. The van der Waals surface area contributed by atoms with Crippen LogP contribution < -0.4 is 10.1 Å². The number of alkyl halides is 3. The number of carbonyl (C=O) groups is 1. The number of rotatable bonds is 5. The van der Waals surface area contributed by atoms with Crippen LogP contribution in [0, 0.1) is 0 Å². The summed E-state index contributed by atoms with van der Waals surface area (Å²) in [5.41, 5.74) is -2.01. The van der Waals surface area contributed by atoms with Crippen molar-refractivity contribution in [2.75, 3.05) is 5.32 Å². The molecule has 0 saturated carbocycles. The Balaban J connectivity index is 1.77. The summed E-state index contributed by atoms with van der Waals surface area (Å²) in [5, 5.41) is 9.22. The van der Waals surface area contributed by atoms with E-state index in [4.69, 9.17) is 23.2 Å². The predicted octanol–water partition coefficient (Wildman–Crippen LogP) is 4.55. The number of hydrogen-bond donors (Lipinski definition) is 2. The molecule has 2 aromatic heterocycles. The van der Waals surface area contributed by atoms with Crippen LogP contribution in [0.5, 0.6) is 5.75 Å². The summed E-state index contributed by atoms with van der Waals surface area (Å²) in [7, 11) is 0. The highest BCUT2D eigenvalue weighted by atomic mass is 35.5. The van der Waals surface area contributed by atoms with Crippen molar-refractivity contribution in [2.24, 2.45) is 0 Å². The van der Waals surface area contributed by atoms with E-state index in [1.165, 1.54) is 30.5 Å². The van der Waals surface area contributed by atoms with Gasteiger partial charge in [-0.15, -0.1) is 8.78 Å². The van der Waals surface area contributed by atoms with Gasteiger partial charge >= 0.3 is 5.57 Å². The molecule has 3 aromatic rings. The second-order valence-corrected chi connectivity index (χ2v) is 5.86. The Morgan fingerprint density at radius 1 is 1.23 bits per heavy atom. The van der Waals surface area contributed by atoms with Gasteiger partial charge in [0.1, 0.15) is 10.9 Å². The Kier molecular flexibility index (Phi) is 5.06. The molecule has 0 saturated heterocycles. The maximum absolute atomic E-state index is 12.6. The normalized spacial score (nSPS) is 11.2. The Hall–Kier alpha value is -2.71. The van der Waals surface area contributed by atoms with E-state index in [0.29, 0.717) is 16.9 Å². The lowest BCUT2D eigenvalue weighted by atomic mass is 10.1. The first-order valence-electron chi connectivity index (χ1n) is 7.14. The number of nitrogens with zero attached hydrogens (tertiary/aromatic N) is 2. The number of hydrogen-bond acceptors (Lipinski definition) is 4. The molecule has 2 heterocycles. The molecule has 3 rings (SSSR count). The fourth-order valence-corrected chi connectivity index (χ4v) is 2.39. The Bertz CT molecular complexity index is 913. The number of aromatic nitrogens is 3. The number of pyridine rings is 1. The molecule has 0 spiro atoms. The van der Waals surface area contributed by atoms with E-state index in [2.05, 4.69) is 25.2 Å². The Morgan fingerprint density at radius 3 is 2.58 bits per heavy atom. The van der Waals surface area contributed by atoms with Crippen molar-refractivity contribution in [2.45, 2.75) is 5.57 Å². The van der Waals surface area contributed by atoms with Gasteiger partial charge in [-0.3, -0.25) is 9.89 Å². The van der Waals surface area contributed by atoms with Gasteiger partial charge in [0.25, 0.3) is 5.91 Å². The van der Waals surface area contributed by atoms with E-state index < -0.39 is 11.5 Å². The lowest BCUT2D eigenvalue weighted by Crippen LogP contribution is -2.16. The van der Waals surface area contributed by atoms with Crippen molar-refractivity contribution in [1.29, 1.82) is 0 Å². The van der Waals surface area contributed by atoms with Crippen LogP contribution in [0.4, 0.5) is 14.5 Å². The molecular formula is C16H10Cl2F2N4O2. The van der Waals surface area contributed by atoms with Gasteiger partial charge in [-0.2, -0.15) is 5.10 Å². The third-order valence-corrected chi connectivity index (χ3v) is 3.62. The number of anilines is 1. The number of ether oxygens (including phenoxy) is 1. The summed E-state index contributed by atoms with van der Waals surface area (Å²) in [5.74, 6) is -0.663. The highest BCUT2D eigenvalue weighted by Gasteiger charge is 2.27. The number of aromatic amines is 1. The van der Waals surface area contributed by atoms with Crippen molar-refractivity contribution in [3.63, 3.8) is 0 Å². The average Bonchev–Trinajstić information content (AvgIpc) is 3.10. The summed E-state index contributed by atoms with van der Waals surface area (Å²) in [6.45, 7) is 0. The van der Waals surface area contributed by atoms with Crippen LogP contribution in [-0.4, -0.2) is 26.7 Å². The zero-order chi connectivity index (χ0) is 18.7. The van der Waals surface area contributed by atoms with Gasteiger partial charge in [-0.25, -0.2) is 4.98 Å². The quantitative estimate of drug-likeness (QED) is 0.488. The number of carbonyl (C=O) groups excluding carboxylic acids is 1. The summed E-state index contributed by atoms with van der Waals surface area (Å²) in [4.78, 5) is 16.4. The molecule has 6 nitrogen and oxygen atoms in total. The SMILES string of the molecule is O=C(Nc1ccc(OC(F)(F)Cl)cc1)c1cc(-c2ccn[nH]2)cnc1Cl. The van der Waals surface area contributed by atoms with Gasteiger partial charge in [0.05, 0.1) is 11.3 Å². The molecule has 0 bridgehead atoms. The molecule has 0 unspecified atom stereocenters. The molecular weight excluding hydrogens is 389 g/mol. The van der Waals surface area contributed by atoms with E-state index in [1.54, 1.807) is 18.3 Å². The fraction of sp³-hybridized carbons (Fsp3) is 0.0625. The highest BCUT2D eigenvalue weighted by molar-refractivity contribution is 6.33. The molecule has 0 fully saturated rings. The van der Waals surface area contributed by atoms with Crippen molar-refractivity contribution in [3.8, 4) is 17.0 Å². The second kappa shape index (κ2) is 7.27. The monoisotopic (exact) mass is 398 g/mol. The lowest BCUT2D eigenvalue weighted by Gasteiger charge is -2.11. The minimum Gasteiger partial charge on any atom is -0.420 e. The largest absolute Gasteiger partial charge is 0.487 e. The zero-order valence-corrected chi connectivity index (χ0v) is 14.4. The second-order valence-electron chi connectivity index (χ2n) is 5.06. The zero-order valence-electron chi connectivity index (χ0n) is 12.8. The van der Waals surface area contributed by atoms with Crippen molar-refractivity contribution in [3.05, 3.63) is 59.5 Å². The molecule has 10 heteroatoms. The maximum Gasteiger partial charge on any atom is 0.487 e. The van der Waals surface area contributed by atoms with E-state index in [1.807, 2.05) is 0 Å². The number of benzene rings is 1. The highest BCUT2D eigenvalue weighted by Crippen LogP contribution is 2.27. The molecule has 134 valence electrons. The van der Waals surface area contributed by atoms with Crippen molar-refractivity contribution >= 4 is 34.8 Å². The first kappa shape index (κ1) is 18.1. The maximum atomic E-state index is 12.6. The number of halogens is 4. The molecule has 0 atom stereocenters. The summed E-state index contributed by atoms with van der Waals surface area (Å²) >= 11 is 10.7. The van der Waals surface area contributed by atoms with Gasteiger partial charge in [0.15, 0.2) is 0 Å². The molecule has 1 amide bonds. The van der Waals surface area contributed by atoms with E-state index >= 15 is 0 Å². The van der Waals surface area contributed by atoms with E-state index in [-0.39, 0.29) is 16.5 Å². The van der Waals surface area contributed by atoms with Gasteiger partial charge in [0.2, 0.25) is 0 Å². The standard InChI is InChI=1S/C16H10Cl2F2N4O2/c17-14-12(7-9(8-21-14)13-5-6-22-24-13)15(25)23-10-1-3-11(4-2-10)26-16(18,19)20/h1-8H,(H,22,24)(H,23,25).